The van der Waals surface area contributed by atoms with Gasteiger partial charge in [-0.1, -0.05) is 17.7 Å². The van der Waals surface area contributed by atoms with Gasteiger partial charge >= 0.3 is 0 Å². The van der Waals surface area contributed by atoms with Crippen LogP contribution in [-0.2, 0) is 19.0 Å². The van der Waals surface area contributed by atoms with Crippen LogP contribution in [0.25, 0.3) is 0 Å². The summed E-state index contributed by atoms with van der Waals surface area (Å²) in [6.07, 6.45) is -6.09. The zero-order valence-corrected chi connectivity index (χ0v) is 11.5. The molecule has 1 aromatic rings. The second kappa shape index (κ2) is 5.76. The Morgan fingerprint density at radius 1 is 1.20 bits per heavy atom. The number of benzene rings is 1. The summed E-state index contributed by atoms with van der Waals surface area (Å²) in [6.45, 7) is 1.50. The van der Waals surface area contributed by atoms with Gasteiger partial charge in [-0.15, -0.1) is 0 Å². The van der Waals surface area contributed by atoms with Gasteiger partial charge in [0.1, 0.15) is 12.2 Å². The molecule has 7 nitrogen and oxygen atoms in total. The second-order valence-electron chi connectivity index (χ2n) is 4.61. The molecule has 3 N–H and O–H groups in total. The van der Waals surface area contributed by atoms with E-state index in [1.807, 2.05) is 0 Å². The molecule has 0 amide bonds. The van der Waals surface area contributed by atoms with E-state index in [9.17, 15) is 23.7 Å². The Hall–Kier alpha value is -1.03. The van der Waals surface area contributed by atoms with Crippen LogP contribution in [0, 0.1) is 6.92 Å². The maximum Gasteiger partial charge on any atom is 0.297 e. The van der Waals surface area contributed by atoms with Gasteiger partial charge in [-0.2, -0.15) is 8.42 Å². The van der Waals surface area contributed by atoms with Crippen LogP contribution in [0.2, 0.25) is 0 Å². The number of hydrogen-bond acceptors (Lipinski definition) is 7. The molecule has 20 heavy (non-hydrogen) atoms. The minimum Gasteiger partial charge on any atom is -0.388 e. The fourth-order valence-electron chi connectivity index (χ4n) is 1.79. The second-order valence-corrected chi connectivity index (χ2v) is 6.18. The van der Waals surface area contributed by atoms with E-state index in [-0.39, 0.29) is 11.5 Å². The summed E-state index contributed by atoms with van der Waals surface area (Å²) >= 11 is 0. The van der Waals surface area contributed by atoms with Crippen molar-refractivity contribution in [3.05, 3.63) is 29.8 Å². The number of aliphatic hydroxyl groups excluding tert-OH is 3. The van der Waals surface area contributed by atoms with Crippen molar-refractivity contribution < 1.29 is 32.7 Å². The molecule has 0 bridgehead atoms. The van der Waals surface area contributed by atoms with Crippen LogP contribution in [0.3, 0.4) is 0 Å². The predicted octanol–water partition coefficient (Wildman–Crippen LogP) is -0.861. The highest BCUT2D eigenvalue weighted by Gasteiger charge is 2.41. The molecule has 0 aromatic heterocycles. The van der Waals surface area contributed by atoms with Crippen LogP contribution in [0.4, 0.5) is 0 Å². The monoisotopic (exact) mass is 304 g/mol. The standard InChI is InChI=1S/C12H16O7S/c1-7-2-4-8(5-3-7)20(16,17)19-11-10(14)9(13)6-18-12(11)15/h2-5,9-15H,6H2,1H3/t9?,10?,11-,12?/m0/s1. The Bertz CT molecular complexity index is 554. The highest BCUT2D eigenvalue weighted by Crippen LogP contribution is 2.22. The maximum atomic E-state index is 12.0. The molecular weight excluding hydrogens is 288 g/mol. The fourth-order valence-corrected chi connectivity index (χ4v) is 2.87. The van der Waals surface area contributed by atoms with Gasteiger partial charge in [0.25, 0.3) is 10.1 Å². The van der Waals surface area contributed by atoms with Crippen LogP contribution < -0.4 is 0 Å². The van der Waals surface area contributed by atoms with E-state index >= 15 is 0 Å². The molecule has 1 heterocycles. The number of aryl methyl sites for hydroxylation is 1. The highest BCUT2D eigenvalue weighted by atomic mass is 32.2. The lowest BCUT2D eigenvalue weighted by atomic mass is 10.1. The Balaban J connectivity index is 2.20. The van der Waals surface area contributed by atoms with Gasteiger partial charge in [-0.05, 0) is 19.1 Å². The Labute approximate surface area is 116 Å². The minimum absolute atomic E-state index is 0.109. The van der Waals surface area contributed by atoms with Crippen molar-refractivity contribution in [2.24, 2.45) is 0 Å². The molecule has 0 saturated carbocycles. The van der Waals surface area contributed by atoms with E-state index in [0.29, 0.717) is 0 Å². The molecule has 112 valence electrons. The summed E-state index contributed by atoms with van der Waals surface area (Å²) in [5, 5.41) is 28.6. The van der Waals surface area contributed by atoms with Gasteiger partial charge in [0, 0.05) is 0 Å². The molecule has 2 rings (SSSR count). The predicted molar refractivity (Wildman–Crippen MR) is 67.2 cm³/mol. The third-order valence-electron chi connectivity index (χ3n) is 3.00. The van der Waals surface area contributed by atoms with Gasteiger partial charge in [0.05, 0.1) is 11.5 Å². The first-order valence-corrected chi connectivity index (χ1v) is 7.38. The van der Waals surface area contributed by atoms with Crippen LogP contribution >= 0.6 is 0 Å². The number of ether oxygens (including phenoxy) is 1. The van der Waals surface area contributed by atoms with Crippen LogP contribution in [0.1, 0.15) is 5.56 Å². The topological polar surface area (TPSA) is 113 Å². The Morgan fingerprint density at radius 2 is 1.80 bits per heavy atom. The quantitative estimate of drug-likeness (QED) is 0.623. The van der Waals surface area contributed by atoms with Crippen molar-refractivity contribution in [3.63, 3.8) is 0 Å². The first kappa shape index (κ1) is 15.4. The zero-order valence-electron chi connectivity index (χ0n) is 10.7. The SMILES string of the molecule is Cc1ccc(S(=O)(=O)O[C@@H]2C(O)OCC(O)C2O)cc1. The molecule has 8 heteroatoms. The van der Waals surface area contributed by atoms with Gasteiger partial charge < -0.3 is 20.1 Å². The first-order valence-electron chi connectivity index (χ1n) is 5.97. The average molecular weight is 304 g/mol. The van der Waals surface area contributed by atoms with Crippen LogP contribution in [0.5, 0.6) is 0 Å². The van der Waals surface area contributed by atoms with E-state index in [1.165, 1.54) is 12.1 Å². The third kappa shape index (κ3) is 3.17. The molecule has 1 aromatic carbocycles. The van der Waals surface area contributed by atoms with Crippen molar-refractivity contribution in [2.75, 3.05) is 6.61 Å². The smallest absolute Gasteiger partial charge is 0.297 e. The molecule has 3 unspecified atom stereocenters. The van der Waals surface area contributed by atoms with E-state index in [1.54, 1.807) is 19.1 Å². The Morgan fingerprint density at radius 3 is 2.40 bits per heavy atom. The molecule has 0 spiro atoms. The summed E-state index contributed by atoms with van der Waals surface area (Å²) in [5.74, 6) is 0. The summed E-state index contributed by atoms with van der Waals surface area (Å²) in [4.78, 5) is -0.109. The van der Waals surface area contributed by atoms with Gasteiger partial charge in [-0.3, -0.25) is 4.18 Å². The molecule has 1 aliphatic heterocycles. The lowest BCUT2D eigenvalue weighted by Gasteiger charge is -2.34. The summed E-state index contributed by atoms with van der Waals surface area (Å²) in [7, 11) is -4.18. The lowest BCUT2D eigenvalue weighted by molar-refractivity contribution is -0.244. The van der Waals surface area contributed by atoms with E-state index in [0.717, 1.165) is 5.56 Å². The summed E-state index contributed by atoms with van der Waals surface area (Å²) in [5.41, 5.74) is 0.875. The third-order valence-corrected chi connectivity index (χ3v) is 4.32. The molecule has 0 aliphatic carbocycles. The Kier molecular flexibility index (Phi) is 4.43. The van der Waals surface area contributed by atoms with Crippen LogP contribution in [-0.4, -0.2) is 54.9 Å². The maximum absolute atomic E-state index is 12.0. The highest BCUT2D eigenvalue weighted by molar-refractivity contribution is 7.86. The molecule has 1 fully saturated rings. The van der Waals surface area contributed by atoms with Crippen molar-refractivity contribution >= 4 is 10.1 Å². The van der Waals surface area contributed by atoms with Gasteiger partial charge in [0.15, 0.2) is 12.4 Å². The number of aliphatic hydroxyl groups is 3. The molecular formula is C12H16O7S. The molecule has 4 atom stereocenters. The van der Waals surface area contributed by atoms with Gasteiger partial charge in [-0.25, -0.2) is 0 Å². The average Bonchev–Trinajstić information content (AvgIpc) is 2.40. The molecule has 1 saturated heterocycles. The van der Waals surface area contributed by atoms with Crippen LogP contribution in [0.15, 0.2) is 29.2 Å². The number of hydrogen-bond donors (Lipinski definition) is 3. The largest absolute Gasteiger partial charge is 0.388 e. The summed E-state index contributed by atoms with van der Waals surface area (Å²) < 4.78 is 33.6. The fraction of sp³-hybridized carbons (Fsp3) is 0.500. The normalized spacial score (nSPS) is 31.2. The van der Waals surface area contributed by atoms with Crippen molar-refractivity contribution in [2.45, 2.75) is 36.4 Å². The lowest BCUT2D eigenvalue weighted by Crippen LogP contribution is -2.54. The zero-order chi connectivity index (χ0) is 14.9. The van der Waals surface area contributed by atoms with Crippen molar-refractivity contribution in [1.82, 2.24) is 0 Å². The van der Waals surface area contributed by atoms with Crippen molar-refractivity contribution in [1.29, 1.82) is 0 Å². The first-order chi connectivity index (χ1) is 9.31. The molecule has 1 aliphatic rings. The molecule has 0 radical (unpaired) electrons. The summed E-state index contributed by atoms with van der Waals surface area (Å²) in [6, 6.07) is 5.89. The van der Waals surface area contributed by atoms with Gasteiger partial charge in [0.2, 0.25) is 0 Å². The number of rotatable bonds is 3. The minimum atomic E-state index is -4.18. The van der Waals surface area contributed by atoms with E-state index < -0.39 is 34.7 Å². The van der Waals surface area contributed by atoms with E-state index in [4.69, 9.17) is 8.92 Å². The van der Waals surface area contributed by atoms with E-state index in [2.05, 4.69) is 0 Å². The van der Waals surface area contributed by atoms with Crippen molar-refractivity contribution in [3.8, 4) is 0 Å².